The van der Waals surface area contributed by atoms with Crippen LogP contribution in [-0.2, 0) is 11.3 Å². The summed E-state index contributed by atoms with van der Waals surface area (Å²) in [6.45, 7) is 3.05. The van der Waals surface area contributed by atoms with Crippen LogP contribution in [0, 0.1) is 5.92 Å². The summed E-state index contributed by atoms with van der Waals surface area (Å²) < 4.78 is 0. The van der Waals surface area contributed by atoms with Gasteiger partial charge in [-0.15, -0.1) is 0 Å². The summed E-state index contributed by atoms with van der Waals surface area (Å²) in [5.41, 5.74) is 2.11. The van der Waals surface area contributed by atoms with Gasteiger partial charge >= 0.3 is 0 Å². The van der Waals surface area contributed by atoms with E-state index >= 15 is 0 Å². The van der Waals surface area contributed by atoms with Crippen LogP contribution in [0.15, 0.2) is 54.4 Å². The highest BCUT2D eigenvalue weighted by Gasteiger charge is 2.24. The van der Waals surface area contributed by atoms with Crippen molar-refractivity contribution >= 4 is 5.91 Å². The van der Waals surface area contributed by atoms with E-state index in [9.17, 15) is 4.79 Å². The molecule has 0 saturated heterocycles. The van der Waals surface area contributed by atoms with Gasteiger partial charge in [-0.05, 0) is 30.7 Å². The van der Waals surface area contributed by atoms with Crippen molar-refractivity contribution in [2.24, 2.45) is 5.92 Å². The predicted molar refractivity (Wildman–Crippen MR) is 93.4 cm³/mol. The van der Waals surface area contributed by atoms with E-state index in [1.165, 1.54) is 24.8 Å². The summed E-state index contributed by atoms with van der Waals surface area (Å²) in [4.78, 5) is 14.7. The van der Waals surface area contributed by atoms with Crippen LogP contribution in [0.25, 0.3) is 0 Å². The normalized spacial score (nSPS) is 24.2. The summed E-state index contributed by atoms with van der Waals surface area (Å²) in [7, 11) is 0. The lowest BCUT2D eigenvalue weighted by Gasteiger charge is -2.30. The Labute approximate surface area is 139 Å². The van der Waals surface area contributed by atoms with Crippen LogP contribution in [0.2, 0.25) is 0 Å². The van der Waals surface area contributed by atoms with E-state index < -0.39 is 0 Å². The molecule has 3 rings (SSSR count). The lowest BCUT2D eigenvalue weighted by atomic mass is 9.86. The molecule has 1 saturated carbocycles. The van der Waals surface area contributed by atoms with E-state index in [4.69, 9.17) is 0 Å². The number of carbonyl (C=O) groups excluding carboxylic acids is 1. The maximum atomic E-state index is 12.6. The van der Waals surface area contributed by atoms with E-state index in [0.29, 0.717) is 12.0 Å². The Morgan fingerprint density at radius 3 is 2.78 bits per heavy atom. The van der Waals surface area contributed by atoms with Gasteiger partial charge in [0.25, 0.3) is 0 Å². The zero-order valence-corrected chi connectivity index (χ0v) is 13.9. The third-order valence-electron chi connectivity index (χ3n) is 4.88. The van der Waals surface area contributed by atoms with Crippen molar-refractivity contribution in [3.63, 3.8) is 0 Å². The van der Waals surface area contributed by atoms with Gasteiger partial charge in [0.15, 0.2) is 0 Å². The maximum Gasteiger partial charge on any atom is 0.249 e. The Balaban J connectivity index is 1.61. The number of allylic oxidation sites excluding steroid dienone is 1. The highest BCUT2D eigenvalue weighted by atomic mass is 16.1. The Bertz CT molecular complexity index is 591. The number of hydrogen-bond donors (Lipinski definition) is 1. The van der Waals surface area contributed by atoms with Gasteiger partial charge in [0.05, 0.1) is 0 Å². The molecule has 2 aliphatic rings. The van der Waals surface area contributed by atoms with Crippen LogP contribution in [0.4, 0.5) is 0 Å². The van der Waals surface area contributed by atoms with Gasteiger partial charge in [-0.2, -0.15) is 0 Å². The van der Waals surface area contributed by atoms with Crippen molar-refractivity contribution in [2.75, 3.05) is 0 Å². The lowest BCUT2D eigenvalue weighted by Crippen LogP contribution is -2.42. The second-order valence-corrected chi connectivity index (χ2v) is 6.74. The van der Waals surface area contributed by atoms with E-state index in [-0.39, 0.29) is 5.91 Å². The topological polar surface area (TPSA) is 32.3 Å². The first-order valence-electron chi connectivity index (χ1n) is 8.70. The number of rotatable bonds is 4. The molecule has 1 fully saturated rings. The predicted octanol–water partition coefficient (Wildman–Crippen LogP) is 3.98. The fourth-order valence-corrected chi connectivity index (χ4v) is 3.45. The second-order valence-electron chi connectivity index (χ2n) is 6.74. The minimum absolute atomic E-state index is 0.103. The lowest BCUT2D eigenvalue weighted by molar-refractivity contribution is -0.118. The molecule has 1 heterocycles. The molecule has 3 nitrogen and oxygen atoms in total. The Kier molecular flexibility index (Phi) is 5.16. The zero-order chi connectivity index (χ0) is 16.1. The summed E-state index contributed by atoms with van der Waals surface area (Å²) in [6, 6.07) is 10.7. The van der Waals surface area contributed by atoms with Crippen molar-refractivity contribution in [2.45, 2.75) is 51.6 Å². The summed E-state index contributed by atoms with van der Waals surface area (Å²) in [5, 5.41) is 3.25. The average Bonchev–Trinajstić information content (AvgIpc) is 2.58. The first-order valence-corrected chi connectivity index (χ1v) is 8.70. The average molecular weight is 310 g/mol. The molecular formula is C20H26N2O. The fraction of sp³-hybridized carbons (Fsp3) is 0.450. The van der Waals surface area contributed by atoms with Crippen LogP contribution >= 0.6 is 0 Å². The molecular weight excluding hydrogens is 284 g/mol. The molecule has 0 aromatic heterocycles. The molecule has 1 amide bonds. The molecule has 1 N–H and O–H groups in total. The zero-order valence-electron chi connectivity index (χ0n) is 13.9. The molecule has 0 bridgehead atoms. The van der Waals surface area contributed by atoms with Crippen LogP contribution in [-0.4, -0.2) is 16.8 Å². The van der Waals surface area contributed by atoms with Crippen LogP contribution in [0.1, 0.15) is 44.6 Å². The van der Waals surface area contributed by atoms with Crippen molar-refractivity contribution in [1.29, 1.82) is 0 Å². The molecule has 3 heteroatoms. The molecule has 0 unspecified atom stereocenters. The van der Waals surface area contributed by atoms with E-state index in [1.54, 1.807) is 0 Å². The molecule has 1 aromatic carbocycles. The van der Waals surface area contributed by atoms with E-state index in [0.717, 1.165) is 25.0 Å². The Hall–Kier alpha value is -2.03. The minimum Gasteiger partial charge on any atom is -0.350 e. The monoisotopic (exact) mass is 310 g/mol. The van der Waals surface area contributed by atoms with Gasteiger partial charge < -0.3 is 10.2 Å². The molecule has 1 aliphatic carbocycles. The number of hydrogen-bond acceptors (Lipinski definition) is 2. The largest absolute Gasteiger partial charge is 0.350 e. The van der Waals surface area contributed by atoms with Gasteiger partial charge in [-0.3, -0.25) is 4.79 Å². The van der Waals surface area contributed by atoms with Crippen LogP contribution in [0.3, 0.4) is 0 Å². The standard InChI is InChI=1S/C20H26N2O/c1-16-8-5-6-12-19(16)21-20(23)18-11-7-13-22(15-18)14-17-9-3-2-4-10-17/h2-4,7,9-10,13,15-16,19H,5-6,8,11-12,14H2,1H3,(H,21,23)/t16-,19+/m1/s1. The highest BCUT2D eigenvalue weighted by Crippen LogP contribution is 2.24. The van der Waals surface area contributed by atoms with Crippen molar-refractivity contribution in [3.8, 4) is 0 Å². The van der Waals surface area contributed by atoms with Crippen molar-refractivity contribution in [3.05, 3.63) is 59.9 Å². The quantitative estimate of drug-likeness (QED) is 0.912. The number of nitrogens with one attached hydrogen (secondary N) is 1. The summed E-state index contributed by atoms with van der Waals surface area (Å²) >= 11 is 0. The van der Waals surface area contributed by atoms with Crippen molar-refractivity contribution < 1.29 is 4.79 Å². The Morgan fingerprint density at radius 1 is 1.22 bits per heavy atom. The Morgan fingerprint density at radius 2 is 2.00 bits per heavy atom. The van der Waals surface area contributed by atoms with Crippen LogP contribution < -0.4 is 5.32 Å². The SMILES string of the molecule is C[C@@H]1CCCC[C@@H]1NC(=O)C1=CN(Cc2ccccc2)C=CC1. The van der Waals surface area contributed by atoms with Gasteiger partial charge in [0.2, 0.25) is 5.91 Å². The molecule has 0 spiro atoms. The molecule has 1 aromatic rings. The molecule has 122 valence electrons. The maximum absolute atomic E-state index is 12.6. The van der Waals surface area contributed by atoms with Gasteiger partial charge in [-0.25, -0.2) is 0 Å². The van der Waals surface area contributed by atoms with Gasteiger partial charge in [0, 0.05) is 30.6 Å². The van der Waals surface area contributed by atoms with E-state index in [1.807, 2.05) is 24.4 Å². The first-order chi connectivity index (χ1) is 11.2. The first kappa shape index (κ1) is 15.9. The third kappa shape index (κ3) is 4.25. The molecule has 2 atom stereocenters. The smallest absolute Gasteiger partial charge is 0.249 e. The van der Waals surface area contributed by atoms with Gasteiger partial charge in [-0.1, -0.05) is 56.2 Å². The highest BCUT2D eigenvalue weighted by molar-refractivity contribution is 5.94. The molecule has 1 aliphatic heterocycles. The summed E-state index contributed by atoms with van der Waals surface area (Å²) in [6.07, 6.45) is 11.7. The number of nitrogens with zero attached hydrogens (tertiary/aromatic N) is 1. The van der Waals surface area contributed by atoms with Crippen LogP contribution in [0.5, 0.6) is 0 Å². The fourth-order valence-electron chi connectivity index (χ4n) is 3.45. The number of amides is 1. The van der Waals surface area contributed by atoms with Crippen molar-refractivity contribution in [1.82, 2.24) is 10.2 Å². The molecule has 0 radical (unpaired) electrons. The summed E-state index contributed by atoms with van der Waals surface area (Å²) in [5.74, 6) is 0.694. The van der Waals surface area contributed by atoms with E-state index in [2.05, 4.69) is 41.5 Å². The number of carbonyl (C=O) groups is 1. The second kappa shape index (κ2) is 7.49. The van der Waals surface area contributed by atoms with Gasteiger partial charge in [0.1, 0.15) is 0 Å². The minimum atomic E-state index is 0.103. The number of benzene rings is 1. The third-order valence-corrected chi connectivity index (χ3v) is 4.88. The molecule has 23 heavy (non-hydrogen) atoms.